The van der Waals surface area contributed by atoms with E-state index in [0.717, 1.165) is 37.3 Å². The molecule has 1 amide bonds. The molecule has 3 heterocycles. The number of carbonyl (C=O) groups is 1. The number of nitrogens with zero attached hydrogens (tertiary/aromatic N) is 4. The van der Waals surface area contributed by atoms with Crippen LogP contribution in [0.4, 0.5) is 5.69 Å². The van der Waals surface area contributed by atoms with Crippen LogP contribution < -0.4 is 10.1 Å². The van der Waals surface area contributed by atoms with Gasteiger partial charge < -0.3 is 10.1 Å². The molecule has 1 aromatic carbocycles. The van der Waals surface area contributed by atoms with E-state index in [1.807, 2.05) is 36.4 Å². The van der Waals surface area contributed by atoms with E-state index < -0.39 is 0 Å². The van der Waals surface area contributed by atoms with Crippen LogP contribution in [0, 0.1) is 0 Å². The Morgan fingerprint density at radius 2 is 1.86 bits per heavy atom. The van der Waals surface area contributed by atoms with Crippen LogP contribution in [-0.4, -0.2) is 38.3 Å². The largest absolute Gasteiger partial charge is 0.456 e. The predicted molar refractivity (Wildman–Crippen MR) is 109 cm³/mol. The Morgan fingerprint density at radius 3 is 2.62 bits per heavy atom. The van der Waals surface area contributed by atoms with Gasteiger partial charge in [-0.2, -0.15) is 0 Å². The monoisotopic (exact) mass is 389 g/mol. The van der Waals surface area contributed by atoms with Crippen molar-refractivity contribution in [2.75, 3.05) is 11.9 Å². The maximum absolute atomic E-state index is 12.9. The van der Waals surface area contributed by atoms with Gasteiger partial charge in [-0.3, -0.25) is 14.7 Å². The summed E-state index contributed by atoms with van der Waals surface area (Å²) in [5.74, 6) is 2.10. The zero-order valence-corrected chi connectivity index (χ0v) is 16.1. The number of anilines is 1. The lowest BCUT2D eigenvalue weighted by Crippen LogP contribution is -2.46. The molecular weight excluding hydrogens is 366 g/mol. The van der Waals surface area contributed by atoms with E-state index in [1.165, 1.54) is 0 Å². The molecule has 1 saturated heterocycles. The third-order valence-electron chi connectivity index (χ3n) is 4.87. The highest BCUT2D eigenvalue weighted by molar-refractivity contribution is 5.94. The van der Waals surface area contributed by atoms with Gasteiger partial charge in [0.25, 0.3) is 0 Å². The fourth-order valence-electron chi connectivity index (χ4n) is 3.45. The second kappa shape index (κ2) is 9.25. The van der Waals surface area contributed by atoms with Gasteiger partial charge in [0.2, 0.25) is 5.91 Å². The number of nitrogens with one attached hydrogen (secondary N) is 1. The van der Waals surface area contributed by atoms with Gasteiger partial charge in [-0.05, 0) is 61.9 Å². The Bertz CT molecular complexity index is 919. The fraction of sp³-hybridized carbons (Fsp3) is 0.273. The van der Waals surface area contributed by atoms with Gasteiger partial charge in [0.05, 0.1) is 18.8 Å². The number of carbonyl (C=O) groups excluding carboxylic acids is 1. The number of ether oxygens (including phenoxy) is 1. The Balaban J connectivity index is 1.38. The smallest absolute Gasteiger partial charge is 0.241 e. The average Bonchev–Trinajstić information content (AvgIpc) is 2.77. The van der Waals surface area contributed by atoms with Crippen molar-refractivity contribution >= 4 is 11.6 Å². The van der Waals surface area contributed by atoms with Crippen molar-refractivity contribution in [2.24, 2.45) is 0 Å². The van der Waals surface area contributed by atoms with Crippen molar-refractivity contribution in [3.05, 3.63) is 73.1 Å². The van der Waals surface area contributed by atoms with Gasteiger partial charge in [-0.25, -0.2) is 9.97 Å². The number of rotatable bonds is 6. The van der Waals surface area contributed by atoms with E-state index in [4.69, 9.17) is 4.74 Å². The number of benzene rings is 1. The minimum atomic E-state index is -0.182. The first-order valence-electron chi connectivity index (χ1n) is 9.77. The summed E-state index contributed by atoms with van der Waals surface area (Å²) in [7, 11) is 0. The number of amides is 1. The molecule has 0 radical (unpaired) electrons. The quantitative estimate of drug-likeness (QED) is 0.693. The summed E-state index contributed by atoms with van der Waals surface area (Å²) in [6.45, 7) is 1.45. The van der Waals surface area contributed by atoms with Crippen LogP contribution in [0.5, 0.6) is 11.5 Å². The van der Waals surface area contributed by atoms with E-state index in [1.54, 1.807) is 30.9 Å². The van der Waals surface area contributed by atoms with Gasteiger partial charge in [0, 0.05) is 24.3 Å². The first kappa shape index (κ1) is 19.0. The summed E-state index contributed by atoms with van der Waals surface area (Å²) < 4.78 is 5.74. The van der Waals surface area contributed by atoms with Crippen molar-refractivity contribution in [3.63, 3.8) is 0 Å². The van der Waals surface area contributed by atoms with Gasteiger partial charge >= 0.3 is 0 Å². The molecule has 7 nitrogen and oxygen atoms in total. The Labute approximate surface area is 169 Å². The molecule has 4 rings (SSSR count). The minimum absolute atomic E-state index is 0.00144. The molecular formula is C22H23N5O2. The van der Waals surface area contributed by atoms with Gasteiger partial charge in [0.15, 0.2) is 0 Å². The summed E-state index contributed by atoms with van der Waals surface area (Å²) in [5.41, 5.74) is 0.745. The molecule has 148 valence electrons. The fourth-order valence-corrected chi connectivity index (χ4v) is 3.45. The van der Waals surface area contributed by atoms with Crippen LogP contribution >= 0.6 is 0 Å². The number of pyridine rings is 1. The third kappa shape index (κ3) is 5.14. The molecule has 1 N–H and O–H groups in total. The third-order valence-corrected chi connectivity index (χ3v) is 4.87. The van der Waals surface area contributed by atoms with Crippen molar-refractivity contribution in [1.29, 1.82) is 0 Å². The van der Waals surface area contributed by atoms with E-state index in [-0.39, 0.29) is 11.9 Å². The molecule has 3 aromatic rings. The van der Waals surface area contributed by atoms with Crippen molar-refractivity contribution in [3.8, 4) is 11.5 Å². The molecule has 1 atom stereocenters. The molecule has 1 aliphatic heterocycles. The number of hydrogen-bond acceptors (Lipinski definition) is 6. The highest BCUT2D eigenvalue weighted by atomic mass is 16.5. The van der Waals surface area contributed by atoms with Crippen LogP contribution in [0.2, 0.25) is 0 Å². The van der Waals surface area contributed by atoms with Crippen LogP contribution in [-0.2, 0) is 11.3 Å². The molecule has 0 bridgehead atoms. The molecule has 1 unspecified atom stereocenters. The molecule has 0 spiro atoms. The average molecular weight is 389 g/mol. The number of piperidine rings is 1. The predicted octanol–water partition coefficient (Wildman–Crippen LogP) is 3.66. The summed E-state index contributed by atoms with van der Waals surface area (Å²) in [5, 5.41) is 3.03. The van der Waals surface area contributed by atoms with Gasteiger partial charge in [-0.1, -0.05) is 6.42 Å². The van der Waals surface area contributed by atoms with Crippen LogP contribution in [0.15, 0.2) is 67.3 Å². The minimum Gasteiger partial charge on any atom is -0.456 e. The Kier molecular flexibility index (Phi) is 6.07. The van der Waals surface area contributed by atoms with Crippen LogP contribution in [0.1, 0.15) is 25.1 Å². The number of likely N-dealkylation sites (tertiary alicyclic amines) is 1. The highest BCUT2D eigenvalue weighted by Crippen LogP contribution is 2.24. The summed E-state index contributed by atoms with van der Waals surface area (Å²) >= 11 is 0. The zero-order valence-electron chi connectivity index (χ0n) is 16.1. The highest BCUT2D eigenvalue weighted by Gasteiger charge is 2.29. The molecule has 29 heavy (non-hydrogen) atoms. The molecule has 0 saturated carbocycles. The first-order valence-corrected chi connectivity index (χ1v) is 9.77. The normalized spacial score (nSPS) is 16.9. The molecule has 7 heteroatoms. The maximum Gasteiger partial charge on any atom is 0.241 e. The molecule has 1 fully saturated rings. The molecule has 2 aromatic heterocycles. The summed E-state index contributed by atoms with van der Waals surface area (Å²) in [6, 6.07) is 12.6. The van der Waals surface area contributed by atoms with Gasteiger partial charge in [-0.15, -0.1) is 0 Å². The van der Waals surface area contributed by atoms with Crippen molar-refractivity contribution in [2.45, 2.75) is 31.8 Å². The van der Waals surface area contributed by atoms with Crippen molar-refractivity contribution < 1.29 is 9.53 Å². The lowest BCUT2D eigenvalue weighted by atomic mass is 10.0. The van der Waals surface area contributed by atoms with Gasteiger partial charge in [0.1, 0.15) is 17.3 Å². The maximum atomic E-state index is 12.9. The van der Waals surface area contributed by atoms with E-state index in [0.29, 0.717) is 18.0 Å². The lowest BCUT2D eigenvalue weighted by Gasteiger charge is -2.34. The second-order valence-corrected chi connectivity index (χ2v) is 6.95. The lowest BCUT2D eigenvalue weighted by molar-refractivity contribution is -0.122. The Hall–Kier alpha value is -3.32. The number of hydrogen-bond donors (Lipinski definition) is 1. The summed E-state index contributed by atoms with van der Waals surface area (Å²) in [6.07, 6.45) is 9.78. The summed E-state index contributed by atoms with van der Waals surface area (Å²) in [4.78, 5) is 27.7. The standard InChI is InChI=1S/C22H23N5O2/c28-22(20-6-1-2-14-27(20)16-21-24-12-4-13-25-21)26-17-7-9-18(10-8-17)29-19-5-3-11-23-15-19/h3-5,7-13,15,20H,1-2,6,14,16H2,(H,26,28). The van der Waals surface area contributed by atoms with Crippen molar-refractivity contribution in [1.82, 2.24) is 19.9 Å². The SMILES string of the molecule is O=C(Nc1ccc(Oc2cccnc2)cc1)C1CCCCN1Cc1ncccn1. The van der Waals surface area contributed by atoms with Crippen LogP contribution in [0.3, 0.4) is 0 Å². The Morgan fingerprint density at radius 1 is 1.03 bits per heavy atom. The topological polar surface area (TPSA) is 80.2 Å². The van der Waals surface area contributed by atoms with E-state index >= 15 is 0 Å². The van der Waals surface area contributed by atoms with E-state index in [2.05, 4.69) is 25.2 Å². The second-order valence-electron chi connectivity index (χ2n) is 6.95. The number of aromatic nitrogens is 3. The molecule has 0 aliphatic carbocycles. The van der Waals surface area contributed by atoms with E-state index in [9.17, 15) is 4.79 Å². The zero-order chi connectivity index (χ0) is 19.9. The first-order chi connectivity index (χ1) is 14.3. The molecule has 1 aliphatic rings. The van der Waals surface area contributed by atoms with Crippen LogP contribution in [0.25, 0.3) is 0 Å².